The summed E-state index contributed by atoms with van der Waals surface area (Å²) in [6.45, 7) is 3.86. The van der Waals surface area contributed by atoms with Gasteiger partial charge in [0.25, 0.3) is 0 Å². The highest BCUT2D eigenvalue weighted by molar-refractivity contribution is 7.99. The Morgan fingerprint density at radius 1 is 1.47 bits per heavy atom. The second-order valence-electron chi connectivity index (χ2n) is 5.09. The Labute approximate surface area is 112 Å². The molecule has 0 bridgehead atoms. The Balaban J connectivity index is 2.14. The second-order valence-corrected chi connectivity index (χ2v) is 7.07. The number of nitrogens with zero attached hydrogens (tertiary/aromatic N) is 1. The summed E-state index contributed by atoms with van der Waals surface area (Å²) in [7, 11) is 0. The molecule has 2 aliphatic rings. The van der Waals surface area contributed by atoms with Gasteiger partial charge in [0.15, 0.2) is 0 Å². The van der Waals surface area contributed by atoms with E-state index in [9.17, 15) is 4.79 Å². The molecule has 0 radical (unpaired) electrons. The molecule has 2 fully saturated rings. The van der Waals surface area contributed by atoms with Crippen LogP contribution in [-0.2, 0) is 4.79 Å². The van der Waals surface area contributed by atoms with Crippen LogP contribution in [0.1, 0.15) is 32.6 Å². The van der Waals surface area contributed by atoms with Gasteiger partial charge < -0.3 is 10.6 Å². The largest absolute Gasteiger partial charge is 0.392 e. The molecule has 1 amide bonds. The van der Waals surface area contributed by atoms with Gasteiger partial charge in [0.2, 0.25) is 5.91 Å². The average Bonchev–Trinajstić information content (AvgIpc) is 2.78. The monoisotopic (exact) mass is 272 g/mol. The molecule has 1 aliphatic carbocycles. The normalized spacial score (nSPS) is 28.1. The predicted molar refractivity (Wildman–Crippen MR) is 76.2 cm³/mol. The quantitative estimate of drug-likeness (QED) is 0.779. The first kappa shape index (κ1) is 13.1. The molecule has 0 spiro atoms. The summed E-state index contributed by atoms with van der Waals surface area (Å²) in [6, 6.07) is 0. The molecule has 5 heteroatoms. The van der Waals surface area contributed by atoms with E-state index < -0.39 is 5.41 Å². The summed E-state index contributed by atoms with van der Waals surface area (Å²) in [5, 5.41) is 0.525. The lowest BCUT2D eigenvalue weighted by molar-refractivity contribution is -0.138. The zero-order valence-corrected chi connectivity index (χ0v) is 11.9. The van der Waals surface area contributed by atoms with Crippen LogP contribution in [0.4, 0.5) is 0 Å². The molecule has 1 unspecified atom stereocenters. The van der Waals surface area contributed by atoms with Gasteiger partial charge >= 0.3 is 0 Å². The number of carbonyl (C=O) groups excluding carboxylic acids is 1. The van der Waals surface area contributed by atoms with E-state index in [0.717, 1.165) is 44.5 Å². The third-order valence-corrected chi connectivity index (χ3v) is 5.39. The van der Waals surface area contributed by atoms with Gasteiger partial charge in [-0.15, -0.1) is 0 Å². The van der Waals surface area contributed by atoms with Crippen molar-refractivity contribution in [3.8, 4) is 0 Å². The molecule has 1 aliphatic heterocycles. The van der Waals surface area contributed by atoms with E-state index >= 15 is 0 Å². The van der Waals surface area contributed by atoms with Gasteiger partial charge in [0, 0.05) is 24.1 Å². The molecular weight excluding hydrogens is 252 g/mol. The van der Waals surface area contributed by atoms with Crippen molar-refractivity contribution in [3.05, 3.63) is 0 Å². The van der Waals surface area contributed by atoms with Crippen molar-refractivity contribution in [2.45, 2.75) is 37.9 Å². The molecule has 17 heavy (non-hydrogen) atoms. The van der Waals surface area contributed by atoms with E-state index in [1.807, 2.05) is 16.7 Å². The smallest absolute Gasteiger partial charge is 0.235 e. The SMILES string of the molecule is CC1CN(C(=O)C2(C(N)=S)CCCC2)CCS1. The highest BCUT2D eigenvalue weighted by atomic mass is 32.2. The van der Waals surface area contributed by atoms with Gasteiger partial charge in [0.1, 0.15) is 0 Å². The van der Waals surface area contributed by atoms with Gasteiger partial charge in [-0.2, -0.15) is 11.8 Å². The lowest BCUT2D eigenvalue weighted by Crippen LogP contribution is -2.52. The summed E-state index contributed by atoms with van der Waals surface area (Å²) < 4.78 is 0. The molecule has 1 saturated carbocycles. The summed E-state index contributed by atoms with van der Waals surface area (Å²) in [5.41, 5.74) is 5.34. The fourth-order valence-electron chi connectivity index (χ4n) is 2.85. The molecule has 0 aromatic carbocycles. The molecule has 0 aromatic rings. The zero-order valence-electron chi connectivity index (χ0n) is 10.3. The lowest BCUT2D eigenvalue weighted by Gasteiger charge is -2.37. The van der Waals surface area contributed by atoms with Crippen LogP contribution in [0, 0.1) is 5.41 Å². The van der Waals surface area contributed by atoms with E-state index in [1.54, 1.807) is 0 Å². The Hall–Kier alpha value is -0.290. The summed E-state index contributed by atoms with van der Waals surface area (Å²) in [6.07, 6.45) is 3.83. The molecule has 3 nitrogen and oxygen atoms in total. The van der Waals surface area contributed by atoms with E-state index in [0.29, 0.717) is 10.2 Å². The second kappa shape index (κ2) is 5.14. The minimum absolute atomic E-state index is 0.189. The van der Waals surface area contributed by atoms with Crippen molar-refractivity contribution >= 4 is 34.9 Å². The van der Waals surface area contributed by atoms with Crippen LogP contribution in [0.25, 0.3) is 0 Å². The molecule has 2 rings (SSSR count). The number of amides is 1. The predicted octanol–water partition coefficient (Wildman–Crippen LogP) is 1.80. The van der Waals surface area contributed by atoms with Crippen LogP contribution < -0.4 is 5.73 Å². The van der Waals surface area contributed by atoms with Crippen molar-refractivity contribution < 1.29 is 4.79 Å². The maximum atomic E-state index is 12.7. The van der Waals surface area contributed by atoms with Crippen molar-refractivity contribution in [2.75, 3.05) is 18.8 Å². The fraction of sp³-hybridized carbons (Fsp3) is 0.833. The molecule has 96 valence electrons. The zero-order chi connectivity index (χ0) is 12.5. The van der Waals surface area contributed by atoms with Crippen molar-refractivity contribution in [3.63, 3.8) is 0 Å². The van der Waals surface area contributed by atoms with E-state index in [4.69, 9.17) is 18.0 Å². The van der Waals surface area contributed by atoms with Crippen molar-refractivity contribution in [2.24, 2.45) is 11.1 Å². The summed E-state index contributed by atoms with van der Waals surface area (Å²) >= 11 is 7.10. The number of hydrogen-bond acceptors (Lipinski definition) is 3. The third-order valence-electron chi connectivity index (χ3n) is 3.87. The first-order chi connectivity index (χ1) is 8.06. The van der Waals surface area contributed by atoms with Crippen LogP contribution in [-0.4, -0.2) is 39.9 Å². The molecule has 1 heterocycles. The van der Waals surface area contributed by atoms with Crippen LogP contribution in [0.3, 0.4) is 0 Å². The van der Waals surface area contributed by atoms with Gasteiger partial charge in [-0.25, -0.2) is 0 Å². The van der Waals surface area contributed by atoms with Gasteiger partial charge in [-0.1, -0.05) is 32.0 Å². The number of carbonyl (C=O) groups is 1. The number of thiocarbonyl (C=S) groups is 1. The Morgan fingerprint density at radius 3 is 2.65 bits per heavy atom. The van der Waals surface area contributed by atoms with E-state index in [1.165, 1.54) is 0 Å². The first-order valence-corrected chi connectivity index (χ1v) is 7.73. The maximum Gasteiger partial charge on any atom is 0.235 e. The van der Waals surface area contributed by atoms with Crippen LogP contribution in [0.5, 0.6) is 0 Å². The van der Waals surface area contributed by atoms with Crippen molar-refractivity contribution in [1.82, 2.24) is 4.90 Å². The molecular formula is C12H20N2OS2. The van der Waals surface area contributed by atoms with Crippen LogP contribution >= 0.6 is 24.0 Å². The van der Waals surface area contributed by atoms with Crippen molar-refractivity contribution in [1.29, 1.82) is 0 Å². The number of hydrogen-bond donors (Lipinski definition) is 1. The Bertz CT molecular complexity index is 326. The van der Waals surface area contributed by atoms with Gasteiger partial charge in [-0.3, -0.25) is 4.79 Å². The molecule has 1 saturated heterocycles. The lowest BCUT2D eigenvalue weighted by atomic mass is 9.84. The number of nitrogens with two attached hydrogens (primary N) is 1. The number of rotatable bonds is 2. The Morgan fingerprint density at radius 2 is 2.12 bits per heavy atom. The van der Waals surface area contributed by atoms with Crippen LogP contribution in [0.15, 0.2) is 0 Å². The molecule has 0 aromatic heterocycles. The average molecular weight is 272 g/mol. The summed E-state index contributed by atoms with van der Waals surface area (Å²) in [5.74, 6) is 1.22. The summed E-state index contributed by atoms with van der Waals surface area (Å²) in [4.78, 5) is 15.0. The topological polar surface area (TPSA) is 46.3 Å². The third kappa shape index (κ3) is 2.45. The molecule has 2 N–H and O–H groups in total. The van der Waals surface area contributed by atoms with Gasteiger partial charge in [0.05, 0.1) is 10.4 Å². The number of thioether (sulfide) groups is 1. The van der Waals surface area contributed by atoms with E-state index in [2.05, 4.69) is 6.92 Å². The first-order valence-electron chi connectivity index (χ1n) is 6.27. The Kier molecular flexibility index (Phi) is 3.98. The minimum Gasteiger partial charge on any atom is -0.392 e. The standard InChI is InChI=1S/C12H20N2OS2/c1-9-8-14(6-7-17-9)11(15)12(10(13)16)4-2-3-5-12/h9H,2-8H2,1H3,(H2,13,16). The maximum absolute atomic E-state index is 12.7. The van der Waals surface area contributed by atoms with E-state index in [-0.39, 0.29) is 5.91 Å². The van der Waals surface area contributed by atoms with Crippen LogP contribution in [0.2, 0.25) is 0 Å². The highest BCUT2D eigenvalue weighted by Crippen LogP contribution is 2.40. The minimum atomic E-state index is -0.517. The van der Waals surface area contributed by atoms with Gasteiger partial charge in [-0.05, 0) is 12.8 Å². The highest BCUT2D eigenvalue weighted by Gasteiger charge is 2.46. The fourth-order valence-corrected chi connectivity index (χ4v) is 4.15. The molecule has 1 atom stereocenters.